The third-order valence-electron chi connectivity index (χ3n) is 3.16. The predicted octanol–water partition coefficient (Wildman–Crippen LogP) is 4.26. The maximum Gasteiger partial charge on any atom is 0.387 e. The Morgan fingerprint density at radius 3 is 2.35 bits per heavy atom. The van der Waals surface area contributed by atoms with Crippen LogP contribution in [-0.4, -0.2) is 24.6 Å². The van der Waals surface area contributed by atoms with Gasteiger partial charge in [-0.2, -0.15) is 8.78 Å². The molecule has 138 valence electrons. The molecule has 9 heteroatoms. The van der Waals surface area contributed by atoms with E-state index in [1.807, 2.05) is 0 Å². The molecule has 0 saturated heterocycles. The van der Waals surface area contributed by atoms with Crippen LogP contribution in [0, 0.1) is 5.82 Å². The number of rotatable bonds is 6. The summed E-state index contributed by atoms with van der Waals surface area (Å²) >= 11 is 5.80. The molecule has 0 bridgehead atoms. The molecular formula is C17H13ClF3NO4. The molecule has 0 heterocycles. The van der Waals surface area contributed by atoms with E-state index in [-0.39, 0.29) is 22.0 Å². The fraction of sp³-hybridized carbons (Fsp3) is 0.176. The van der Waals surface area contributed by atoms with Crippen molar-refractivity contribution >= 4 is 29.2 Å². The smallest absolute Gasteiger partial charge is 0.387 e. The summed E-state index contributed by atoms with van der Waals surface area (Å²) in [4.78, 5) is 24.0. The molecule has 1 atom stereocenters. The molecule has 0 radical (unpaired) electrons. The van der Waals surface area contributed by atoms with Gasteiger partial charge >= 0.3 is 12.6 Å². The Balaban J connectivity index is 1.96. The number of benzene rings is 2. The Hall–Kier alpha value is -2.74. The van der Waals surface area contributed by atoms with Crippen LogP contribution in [-0.2, 0) is 9.53 Å². The largest absolute Gasteiger partial charge is 0.449 e. The van der Waals surface area contributed by atoms with Gasteiger partial charge in [0, 0.05) is 0 Å². The number of hydrogen-bond acceptors (Lipinski definition) is 4. The van der Waals surface area contributed by atoms with Crippen LogP contribution in [0.2, 0.25) is 5.02 Å². The quantitative estimate of drug-likeness (QED) is 0.752. The summed E-state index contributed by atoms with van der Waals surface area (Å²) in [5.41, 5.74) is 0.209. The number of ether oxygens (including phenoxy) is 2. The number of hydrogen-bond donors (Lipinski definition) is 1. The maximum absolute atomic E-state index is 13.0. The molecule has 0 aromatic heterocycles. The zero-order chi connectivity index (χ0) is 19.3. The minimum Gasteiger partial charge on any atom is -0.449 e. The normalized spacial score (nSPS) is 11.8. The minimum absolute atomic E-state index is 0.00787. The molecule has 0 aliphatic rings. The van der Waals surface area contributed by atoms with E-state index in [1.165, 1.54) is 37.3 Å². The Kier molecular flexibility index (Phi) is 6.46. The van der Waals surface area contributed by atoms with Crippen molar-refractivity contribution in [2.45, 2.75) is 19.6 Å². The van der Waals surface area contributed by atoms with Crippen molar-refractivity contribution in [1.29, 1.82) is 0 Å². The van der Waals surface area contributed by atoms with Crippen LogP contribution < -0.4 is 10.1 Å². The highest BCUT2D eigenvalue weighted by atomic mass is 35.5. The van der Waals surface area contributed by atoms with Gasteiger partial charge in [0.25, 0.3) is 5.91 Å². The first-order chi connectivity index (χ1) is 12.3. The standard InChI is InChI=1S/C17H13ClF3NO4/c1-9(15(23)22-14-7-4-11(19)8-13(14)18)25-16(24)10-2-5-12(6-3-10)26-17(20)21/h2-9,17H,1H3,(H,22,23)/t9-/m1/s1. The van der Waals surface area contributed by atoms with E-state index in [0.717, 1.165) is 12.1 Å². The second kappa shape index (κ2) is 8.57. The van der Waals surface area contributed by atoms with Gasteiger partial charge in [-0.05, 0) is 49.4 Å². The predicted molar refractivity (Wildman–Crippen MR) is 88.0 cm³/mol. The van der Waals surface area contributed by atoms with Crippen LogP contribution >= 0.6 is 11.6 Å². The number of anilines is 1. The molecule has 0 aliphatic heterocycles. The second-order valence-corrected chi connectivity index (χ2v) is 5.47. The molecule has 1 amide bonds. The highest BCUT2D eigenvalue weighted by Crippen LogP contribution is 2.23. The van der Waals surface area contributed by atoms with Gasteiger partial charge in [-0.25, -0.2) is 9.18 Å². The number of carbonyl (C=O) groups is 2. The van der Waals surface area contributed by atoms with Crippen molar-refractivity contribution in [1.82, 2.24) is 0 Å². The molecule has 5 nitrogen and oxygen atoms in total. The topological polar surface area (TPSA) is 64.6 Å². The van der Waals surface area contributed by atoms with Crippen LogP contribution in [0.15, 0.2) is 42.5 Å². The maximum atomic E-state index is 13.0. The van der Waals surface area contributed by atoms with Crippen molar-refractivity contribution < 1.29 is 32.2 Å². The lowest BCUT2D eigenvalue weighted by molar-refractivity contribution is -0.123. The van der Waals surface area contributed by atoms with Crippen LogP contribution in [0.25, 0.3) is 0 Å². The number of carbonyl (C=O) groups excluding carboxylic acids is 2. The molecule has 0 fully saturated rings. The summed E-state index contributed by atoms with van der Waals surface area (Å²) in [6.45, 7) is -1.64. The Labute approximate surface area is 151 Å². The fourth-order valence-electron chi connectivity index (χ4n) is 1.88. The van der Waals surface area contributed by atoms with Gasteiger partial charge in [0.15, 0.2) is 6.10 Å². The molecule has 0 aliphatic carbocycles. The molecule has 2 rings (SSSR count). The first kappa shape index (κ1) is 19.6. The summed E-state index contributed by atoms with van der Waals surface area (Å²) in [6, 6.07) is 8.20. The van der Waals surface area contributed by atoms with Crippen molar-refractivity contribution in [2.24, 2.45) is 0 Å². The summed E-state index contributed by atoms with van der Waals surface area (Å²) in [5, 5.41) is 2.40. The first-order valence-electron chi connectivity index (χ1n) is 7.28. The first-order valence-corrected chi connectivity index (χ1v) is 7.66. The molecule has 1 N–H and O–H groups in total. The van der Waals surface area contributed by atoms with E-state index in [9.17, 15) is 22.8 Å². The van der Waals surface area contributed by atoms with Gasteiger partial charge in [-0.1, -0.05) is 11.6 Å². The monoisotopic (exact) mass is 387 g/mol. The summed E-state index contributed by atoms with van der Waals surface area (Å²) in [6.07, 6.45) is -1.18. The summed E-state index contributed by atoms with van der Waals surface area (Å²) in [5.74, 6) is -2.19. The van der Waals surface area contributed by atoms with Gasteiger partial charge in [0.2, 0.25) is 0 Å². The third-order valence-corrected chi connectivity index (χ3v) is 3.47. The number of alkyl halides is 2. The van der Waals surface area contributed by atoms with Gasteiger partial charge < -0.3 is 14.8 Å². The van der Waals surface area contributed by atoms with E-state index in [2.05, 4.69) is 10.1 Å². The van der Waals surface area contributed by atoms with Gasteiger partial charge in [0.05, 0.1) is 16.3 Å². The van der Waals surface area contributed by atoms with Crippen LogP contribution in [0.1, 0.15) is 17.3 Å². The van der Waals surface area contributed by atoms with Crippen molar-refractivity contribution in [2.75, 3.05) is 5.32 Å². The van der Waals surface area contributed by atoms with E-state index in [1.54, 1.807) is 0 Å². The van der Waals surface area contributed by atoms with Crippen molar-refractivity contribution in [3.8, 4) is 5.75 Å². The summed E-state index contributed by atoms with van der Waals surface area (Å²) < 4.78 is 46.3. The molecule has 0 saturated carbocycles. The lowest BCUT2D eigenvalue weighted by Crippen LogP contribution is -2.30. The highest BCUT2D eigenvalue weighted by Gasteiger charge is 2.20. The van der Waals surface area contributed by atoms with Gasteiger partial charge in [-0.15, -0.1) is 0 Å². The Morgan fingerprint density at radius 1 is 1.12 bits per heavy atom. The van der Waals surface area contributed by atoms with Gasteiger partial charge in [-0.3, -0.25) is 4.79 Å². The van der Waals surface area contributed by atoms with Gasteiger partial charge in [0.1, 0.15) is 11.6 Å². The fourth-order valence-corrected chi connectivity index (χ4v) is 2.09. The zero-order valence-electron chi connectivity index (χ0n) is 13.3. The van der Waals surface area contributed by atoms with E-state index in [0.29, 0.717) is 0 Å². The molecule has 0 spiro atoms. The second-order valence-electron chi connectivity index (χ2n) is 5.06. The Morgan fingerprint density at radius 2 is 1.77 bits per heavy atom. The van der Waals surface area contributed by atoms with E-state index in [4.69, 9.17) is 16.3 Å². The average molecular weight is 388 g/mol. The van der Waals surface area contributed by atoms with Crippen molar-refractivity contribution in [3.05, 3.63) is 58.9 Å². The SMILES string of the molecule is C[C@@H](OC(=O)c1ccc(OC(F)F)cc1)C(=O)Nc1ccc(F)cc1Cl. The van der Waals surface area contributed by atoms with Crippen LogP contribution in [0.5, 0.6) is 5.75 Å². The Bertz CT molecular complexity index is 799. The molecular weight excluding hydrogens is 375 g/mol. The number of esters is 1. The molecule has 0 unspecified atom stereocenters. The lowest BCUT2D eigenvalue weighted by atomic mass is 10.2. The van der Waals surface area contributed by atoms with Crippen molar-refractivity contribution in [3.63, 3.8) is 0 Å². The molecule has 2 aromatic carbocycles. The highest BCUT2D eigenvalue weighted by molar-refractivity contribution is 6.33. The minimum atomic E-state index is -2.98. The van der Waals surface area contributed by atoms with E-state index < -0.39 is 30.4 Å². The molecule has 26 heavy (non-hydrogen) atoms. The van der Waals surface area contributed by atoms with Crippen LogP contribution in [0.3, 0.4) is 0 Å². The van der Waals surface area contributed by atoms with E-state index >= 15 is 0 Å². The number of halogens is 4. The lowest BCUT2D eigenvalue weighted by Gasteiger charge is -2.14. The average Bonchev–Trinajstić information content (AvgIpc) is 2.57. The number of nitrogens with one attached hydrogen (secondary N) is 1. The zero-order valence-corrected chi connectivity index (χ0v) is 14.1. The third kappa shape index (κ3) is 5.38. The summed E-state index contributed by atoms with van der Waals surface area (Å²) in [7, 11) is 0. The van der Waals surface area contributed by atoms with Crippen LogP contribution in [0.4, 0.5) is 18.9 Å². The molecule has 2 aromatic rings. The number of amides is 1.